The average molecular weight is 218 g/mol. The molecule has 84 valence electrons. The maximum atomic E-state index is 12.6. The molecule has 0 aliphatic heterocycles. The molecule has 0 amide bonds. The highest BCUT2D eigenvalue weighted by Gasteiger charge is 2.33. The van der Waals surface area contributed by atoms with Gasteiger partial charge in [0.05, 0.1) is 5.56 Å². The summed E-state index contributed by atoms with van der Waals surface area (Å²) in [5.41, 5.74) is 4.90. The van der Waals surface area contributed by atoms with Gasteiger partial charge >= 0.3 is 6.18 Å². The number of hydrogen-bond acceptors (Lipinski definition) is 2. The summed E-state index contributed by atoms with van der Waals surface area (Å²) in [7, 11) is 0. The number of halogens is 3. The second-order valence-corrected chi connectivity index (χ2v) is 3.32. The Hall–Kier alpha value is -1.26. The van der Waals surface area contributed by atoms with E-state index in [1.54, 1.807) is 0 Å². The Balaban J connectivity index is 3.09. The van der Waals surface area contributed by atoms with Crippen LogP contribution in [0.2, 0.25) is 0 Å². The smallest absolute Gasteiger partial charge is 0.383 e. The van der Waals surface area contributed by atoms with Crippen molar-refractivity contribution in [3.8, 4) is 0 Å². The molecule has 0 radical (unpaired) electrons. The molecule has 15 heavy (non-hydrogen) atoms. The van der Waals surface area contributed by atoms with Crippen molar-refractivity contribution >= 4 is 5.82 Å². The van der Waals surface area contributed by atoms with E-state index >= 15 is 0 Å². The first-order chi connectivity index (χ1) is 6.96. The zero-order valence-corrected chi connectivity index (χ0v) is 8.43. The third-order valence-corrected chi connectivity index (χ3v) is 2.17. The molecule has 2 nitrogen and oxygen atoms in total. The number of nitrogen functional groups attached to an aromatic ring is 1. The van der Waals surface area contributed by atoms with E-state index in [-0.39, 0.29) is 11.4 Å². The van der Waals surface area contributed by atoms with E-state index in [2.05, 4.69) is 4.98 Å². The number of unbranched alkanes of at least 4 members (excludes halogenated alkanes) is 1. The van der Waals surface area contributed by atoms with Crippen LogP contribution in [-0.4, -0.2) is 4.98 Å². The molecule has 0 bridgehead atoms. The van der Waals surface area contributed by atoms with Gasteiger partial charge in [0.25, 0.3) is 0 Å². The van der Waals surface area contributed by atoms with E-state index in [0.29, 0.717) is 12.8 Å². The second-order valence-electron chi connectivity index (χ2n) is 3.32. The minimum Gasteiger partial charge on any atom is -0.383 e. The van der Waals surface area contributed by atoms with Crippen molar-refractivity contribution in [3.63, 3.8) is 0 Å². The van der Waals surface area contributed by atoms with Crippen molar-refractivity contribution in [1.29, 1.82) is 0 Å². The van der Waals surface area contributed by atoms with Gasteiger partial charge in [-0.2, -0.15) is 13.2 Å². The van der Waals surface area contributed by atoms with Crippen molar-refractivity contribution in [2.45, 2.75) is 32.4 Å². The van der Waals surface area contributed by atoms with Gasteiger partial charge in [-0.3, -0.25) is 0 Å². The fourth-order valence-corrected chi connectivity index (χ4v) is 1.39. The van der Waals surface area contributed by atoms with Gasteiger partial charge in [0.1, 0.15) is 5.82 Å². The standard InChI is InChI=1S/C10H13F3N2/c1-2-3-4-7-8(10(11,12)13)5-6-15-9(7)14/h5-6H,2-4H2,1H3,(H2,14,15). The summed E-state index contributed by atoms with van der Waals surface area (Å²) in [4.78, 5) is 3.68. The largest absolute Gasteiger partial charge is 0.416 e. The third kappa shape index (κ3) is 2.84. The molecule has 0 aliphatic rings. The molecule has 1 rings (SSSR count). The van der Waals surface area contributed by atoms with E-state index in [1.807, 2.05) is 6.92 Å². The topological polar surface area (TPSA) is 38.9 Å². The van der Waals surface area contributed by atoms with Gasteiger partial charge in [-0.25, -0.2) is 4.98 Å². The van der Waals surface area contributed by atoms with Crippen molar-refractivity contribution in [3.05, 3.63) is 23.4 Å². The maximum absolute atomic E-state index is 12.6. The lowest BCUT2D eigenvalue weighted by Crippen LogP contribution is -2.12. The lowest BCUT2D eigenvalue weighted by atomic mass is 10.0. The van der Waals surface area contributed by atoms with E-state index in [9.17, 15) is 13.2 Å². The highest BCUT2D eigenvalue weighted by molar-refractivity contribution is 5.45. The summed E-state index contributed by atoms with van der Waals surface area (Å²) < 4.78 is 37.7. The number of pyridine rings is 1. The molecule has 0 saturated heterocycles. The quantitative estimate of drug-likeness (QED) is 0.846. The summed E-state index contributed by atoms with van der Waals surface area (Å²) >= 11 is 0. The molecule has 1 aromatic heterocycles. The van der Waals surface area contributed by atoms with Crippen molar-refractivity contribution in [2.24, 2.45) is 0 Å². The van der Waals surface area contributed by atoms with Gasteiger partial charge in [-0.05, 0) is 18.9 Å². The molecule has 0 aromatic carbocycles. The van der Waals surface area contributed by atoms with E-state index in [1.165, 1.54) is 0 Å². The zero-order chi connectivity index (χ0) is 11.5. The minimum atomic E-state index is -4.35. The molecule has 1 heterocycles. The van der Waals surface area contributed by atoms with Gasteiger partial charge < -0.3 is 5.73 Å². The molecule has 0 spiro atoms. The van der Waals surface area contributed by atoms with Crippen molar-refractivity contribution in [2.75, 3.05) is 5.73 Å². The zero-order valence-electron chi connectivity index (χ0n) is 8.43. The Morgan fingerprint density at radius 1 is 1.40 bits per heavy atom. The van der Waals surface area contributed by atoms with Crippen LogP contribution in [0.4, 0.5) is 19.0 Å². The molecular formula is C10H13F3N2. The Bertz CT molecular complexity index is 334. The maximum Gasteiger partial charge on any atom is 0.416 e. The van der Waals surface area contributed by atoms with E-state index < -0.39 is 11.7 Å². The molecule has 0 unspecified atom stereocenters. The van der Waals surface area contributed by atoms with Gasteiger partial charge in [0.2, 0.25) is 0 Å². The van der Waals surface area contributed by atoms with Crippen LogP contribution in [0.25, 0.3) is 0 Å². The van der Waals surface area contributed by atoms with Crippen LogP contribution in [0, 0.1) is 0 Å². The Morgan fingerprint density at radius 2 is 2.07 bits per heavy atom. The first-order valence-electron chi connectivity index (χ1n) is 4.77. The first-order valence-corrected chi connectivity index (χ1v) is 4.77. The molecule has 0 atom stereocenters. The van der Waals surface area contributed by atoms with Crippen LogP contribution in [-0.2, 0) is 12.6 Å². The summed E-state index contributed by atoms with van der Waals surface area (Å²) in [6, 6.07) is 0.974. The van der Waals surface area contributed by atoms with Gasteiger partial charge in [0.15, 0.2) is 0 Å². The molecule has 0 aliphatic carbocycles. The summed E-state index contributed by atoms with van der Waals surface area (Å²) in [5.74, 6) is -0.0155. The van der Waals surface area contributed by atoms with Crippen LogP contribution in [0.3, 0.4) is 0 Å². The number of anilines is 1. The molecule has 5 heteroatoms. The number of hydrogen-bond donors (Lipinski definition) is 1. The molecular weight excluding hydrogens is 205 g/mol. The lowest BCUT2D eigenvalue weighted by molar-refractivity contribution is -0.138. The van der Waals surface area contributed by atoms with Gasteiger partial charge in [-0.1, -0.05) is 13.3 Å². The number of alkyl halides is 3. The number of nitrogens with zero attached hydrogens (tertiary/aromatic N) is 1. The van der Waals surface area contributed by atoms with Crippen molar-refractivity contribution in [1.82, 2.24) is 4.98 Å². The fourth-order valence-electron chi connectivity index (χ4n) is 1.39. The number of rotatable bonds is 3. The third-order valence-electron chi connectivity index (χ3n) is 2.17. The second kappa shape index (κ2) is 4.51. The molecule has 1 aromatic rings. The normalized spacial score (nSPS) is 11.7. The van der Waals surface area contributed by atoms with E-state index in [0.717, 1.165) is 18.7 Å². The van der Waals surface area contributed by atoms with Crippen LogP contribution < -0.4 is 5.73 Å². The van der Waals surface area contributed by atoms with Crippen molar-refractivity contribution < 1.29 is 13.2 Å². The minimum absolute atomic E-state index is 0.0155. The van der Waals surface area contributed by atoms with Gasteiger partial charge in [-0.15, -0.1) is 0 Å². The number of nitrogens with two attached hydrogens (primary N) is 1. The average Bonchev–Trinajstić information content (AvgIpc) is 2.14. The van der Waals surface area contributed by atoms with Crippen LogP contribution in [0.5, 0.6) is 0 Å². The Kier molecular flexibility index (Phi) is 3.55. The summed E-state index contributed by atoms with van der Waals surface area (Å²) in [5, 5.41) is 0. The highest BCUT2D eigenvalue weighted by Crippen LogP contribution is 2.34. The number of aromatic nitrogens is 1. The summed E-state index contributed by atoms with van der Waals surface area (Å²) in [6.45, 7) is 1.92. The molecule has 2 N–H and O–H groups in total. The molecule has 0 fully saturated rings. The Labute approximate surface area is 86.3 Å². The SMILES string of the molecule is CCCCc1c(C(F)(F)F)ccnc1N. The van der Waals surface area contributed by atoms with Crippen LogP contribution in [0.15, 0.2) is 12.3 Å². The monoisotopic (exact) mass is 218 g/mol. The van der Waals surface area contributed by atoms with Crippen LogP contribution >= 0.6 is 0 Å². The lowest BCUT2D eigenvalue weighted by Gasteiger charge is -2.13. The van der Waals surface area contributed by atoms with E-state index in [4.69, 9.17) is 5.73 Å². The summed E-state index contributed by atoms with van der Waals surface area (Å²) in [6.07, 6.45) is -1.43. The first kappa shape index (κ1) is 11.8. The van der Waals surface area contributed by atoms with Gasteiger partial charge in [0, 0.05) is 11.8 Å². The fraction of sp³-hybridized carbons (Fsp3) is 0.500. The Morgan fingerprint density at radius 3 is 2.60 bits per heavy atom. The predicted octanol–water partition coefficient (Wildman–Crippen LogP) is 3.03. The highest BCUT2D eigenvalue weighted by atomic mass is 19.4. The van der Waals surface area contributed by atoms with Crippen LogP contribution in [0.1, 0.15) is 30.9 Å². The molecule has 0 saturated carbocycles. The predicted molar refractivity (Wildman–Crippen MR) is 52.3 cm³/mol.